The van der Waals surface area contributed by atoms with E-state index in [1.165, 1.54) is 6.92 Å². The average Bonchev–Trinajstić information content (AvgIpc) is 3.13. The molecule has 0 saturated carbocycles. The largest absolute Gasteiger partial charge is 0.462 e. The molecule has 4 amide bonds. The summed E-state index contributed by atoms with van der Waals surface area (Å²) in [5.74, 6) is -3.15. The predicted molar refractivity (Wildman–Crippen MR) is 99.4 cm³/mol. The summed E-state index contributed by atoms with van der Waals surface area (Å²) in [5, 5.41) is 0. The van der Waals surface area contributed by atoms with Crippen LogP contribution in [0, 0.1) is 11.8 Å². The zero-order valence-electron chi connectivity index (χ0n) is 15.9. The maximum atomic E-state index is 12.6. The summed E-state index contributed by atoms with van der Waals surface area (Å²) in [5.41, 5.74) is 0.642. The Labute approximate surface area is 167 Å². The molecule has 2 heterocycles. The molecule has 29 heavy (non-hydrogen) atoms. The lowest BCUT2D eigenvalue weighted by atomic mass is 9.85. The minimum absolute atomic E-state index is 0.0954. The highest BCUT2D eigenvalue weighted by Crippen LogP contribution is 2.36. The third kappa shape index (κ3) is 3.04. The van der Waals surface area contributed by atoms with E-state index in [1.54, 1.807) is 24.3 Å². The van der Waals surface area contributed by atoms with E-state index in [4.69, 9.17) is 4.74 Å². The molecule has 1 saturated heterocycles. The van der Waals surface area contributed by atoms with Crippen LogP contribution in [0.25, 0.3) is 0 Å². The first-order valence-corrected chi connectivity index (χ1v) is 9.55. The highest BCUT2D eigenvalue weighted by atomic mass is 16.5. The number of esters is 1. The van der Waals surface area contributed by atoms with Crippen molar-refractivity contribution in [3.05, 3.63) is 47.5 Å². The Morgan fingerprint density at radius 1 is 1.00 bits per heavy atom. The van der Waals surface area contributed by atoms with Gasteiger partial charge in [0.05, 0.1) is 29.5 Å². The Kier molecular flexibility index (Phi) is 4.77. The number of rotatable bonds is 5. The van der Waals surface area contributed by atoms with E-state index in [-0.39, 0.29) is 25.0 Å². The van der Waals surface area contributed by atoms with Crippen LogP contribution in [0.2, 0.25) is 0 Å². The number of amides is 4. The molecule has 3 aliphatic rings. The molecular formula is C21H20N2O6. The molecule has 2 aliphatic heterocycles. The number of carbonyl (C=O) groups is 5. The molecule has 1 aromatic rings. The van der Waals surface area contributed by atoms with E-state index in [1.807, 2.05) is 12.2 Å². The topological polar surface area (TPSA) is 101 Å². The van der Waals surface area contributed by atoms with E-state index in [9.17, 15) is 24.0 Å². The quantitative estimate of drug-likeness (QED) is 0.421. The van der Waals surface area contributed by atoms with E-state index >= 15 is 0 Å². The monoisotopic (exact) mass is 396 g/mol. The summed E-state index contributed by atoms with van der Waals surface area (Å²) in [7, 11) is 0. The van der Waals surface area contributed by atoms with Gasteiger partial charge in [-0.05, 0) is 31.9 Å². The maximum Gasteiger partial charge on any atom is 0.329 e. The van der Waals surface area contributed by atoms with Gasteiger partial charge in [-0.15, -0.1) is 0 Å². The number of hydrogen-bond donors (Lipinski definition) is 0. The summed E-state index contributed by atoms with van der Waals surface area (Å²) in [6.07, 6.45) is 4.74. The summed E-state index contributed by atoms with van der Waals surface area (Å²) in [6, 6.07) is 5.44. The van der Waals surface area contributed by atoms with E-state index in [2.05, 4.69) is 0 Å². The Balaban J connectivity index is 1.35. The molecule has 8 nitrogen and oxygen atoms in total. The molecule has 1 aromatic carbocycles. The minimum atomic E-state index is -1.05. The smallest absolute Gasteiger partial charge is 0.329 e. The SMILES string of the molecule is C[C@@H](C(=O)OCCN1C(=O)c2ccccc2C1=O)N1C(=O)[C@H]2CC=CC[C@H]2C1=O. The molecule has 0 aromatic heterocycles. The van der Waals surface area contributed by atoms with E-state index in [0.717, 1.165) is 9.80 Å². The first-order chi connectivity index (χ1) is 13.9. The summed E-state index contributed by atoms with van der Waals surface area (Å²) < 4.78 is 5.18. The maximum absolute atomic E-state index is 12.6. The lowest BCUT2D eigenvalue weighted by Crippen LogP contribution is -2.45. The Morgan fingerprint density at radius 3 is 2.03 bits per heavy atom. The van der Waals surface area contributed by atoms with Gasteiger partial charge in [0, 0.05) is 0 Å². The van der Waals surface area contributed by atoms with Crippen LogP contribution in [0.5, 0.6) is 0 Å². The van der Waals surface area contributed by atoms with Gasteiger partial charge in [0.2, 0.25) is 11.8 Å². The molecular weight excluding hydrogens is 376 g/mol. The molecule has 4 rings (SSSR count). The minimum Gasteiger partial charge on any atom is -0.462 e. The Hall–Kier alpha value is -3.29. The van der Waals surface area contributed by atoms with Crippen LogP contribution in [-0.4, -0.2) is 58.6 Å². The van der Waals surface area contributed by atoms with Gasteiger partial charge in [-0.2, -0.15) is 0 Å². The first-order valence-electron chi connectivity index (χ1n) is 9.55. The Morgan fingerprint density at radius 2 is 1.52 bits per heavy atom. The summed E-state index contributed by atoms with van der Waals surface area (Å²) in [4.78, 5) is 64.2. The van der Waals surface area contributed by atoms with E-state index < -0.39 is 35.7 Å². The molecule has 1 fully saturated rings. The molecule has 0 radical (unpaired) electrons. The summed E-state index contributed by atoms with van der Waals surface area (Å²) in [6.45, 7) is 1.14. The third-order valence-electron chi connectivity index (χ3n) is 5.71. The number of fused-ring (bicyclic) bond motifs is 2. The molecule has 0 N–H and O–H groups in total. The Bertz CT molecular complexity index is 891. The van der Waals surface area contributed by atoms with Crippen molar-refractivity contribution in [3.63, 3.8) is 0 Å². The molecule has 150 valence electrons. The van der Waals surface area contributed by atoms with Crippen LogP contribution >= 0.6 is 0 Å². The molecule has 0 bridgehead atoms. The number of ether oxygens (including phenoxy) is 1. The van der Waals surface area contributed by atoms with Crippen LogP contribution in [0.1, 0.15) is 40.5 Å². The van der Waals surface area contributed by atoms with Gasteiger partial charge < -0.3 is 4.74 Å². The van der Waals surface area contributed by atoms with Gasteiger partial charge in [0.1, 0.15) is 12.6 Å². The van der Waals surface area contributed by atoms with Crippen molar-refractivity contribution in [2.24, 2.45) is 11.8 Å². The standard InChI is InChI=1S/C21H20N2O6/c1-12(23-19(26)15-8-4-5-9-16(15)20(23)27)21(28)29-11-10-22-17(24)13-6-2-3-7-14(13)18(22)25/h2-7,12,15-16H,8-11H2,1H3/t12-,15-,16+/m0/s1. The number of allylic oxidation sites excluding steroid dienone is 2. The first kappa shape index (κ1) is 19.0. The van der Waals surface area contributed by atoms with Crippen LogP contribution in [0.4, 0.5) is 0 Å². The fraction of sp³-hybridized carbons (Fsp3) is 0.381. The number of carbonyl (C=O) groups excluding carboxylic acids is 5. The van der Waals surface area contributed by atoms with Gasteiger partial charge in [-0.25, -0.2) is 4.79 Å². The predicted octanol–water partition coefficient (Wildman–Crippen LogP) is 1.17. The molecule has 3 atom stereocenters. The average molecular weight is 396 g/mol. The lowest BCUT2D eigenvalue weighted by Gasteiger charge is -2.22. The van der Waals surface area contributed by atoms with Crippen molar-refractivity contribution in [2.75, 3.05) is 13.2 Å². The van der Waals surface area contributed by atoms with Crippen LogP contribution in [0.3, 0.4) is 0 Å². The normalized spacial score (nSPS) is 24.0. The molecule has 0 spiro atoms. The van der Waals surface area contributed by atoms with Crippen molar-refractivity contribution in [2.45, 2.75) is 25.8 Å². The van der Waals surface area contributed by atoms with Crippen molar-refractivity contribution < 1.29 is 28.7 Å². The third-order valence-corrected chi connectivity index (χ3v) is 5.71. The number of imide groups is 2. The second-order valence-electron chi connectivity index (χ2n) is 7.35. The molecule has 0 unspecified atom stereocenters. The zero-order chi connectivity index (χ0) is 20.7. The van der Waals surface area contributed by atoms with Gasteiger partial charge in [-0.3, -0.25) is 29.0 Å². The van der Waals surface area contributed by atoms with Gasteiger partial charge in [-0.1, -0.05) is 24.3 Å². The zero-order valence-corrected chi connectivity index (χ0v) is 15.9. The van der Waals surface area contributed by atoms with Crippen LogP contribution < -0.4 is 0 Å². The van der Waals surface area contributed by atoms with Gasteiger partial charge in [0.25, 0.3) is 11.8 Å². The second-order valence-corrected chi connectivity index (χ2v) is 7.35. The van der Waals surface area contributed by atoms with Gasteiger partial charge >= 0.3 is 5.97 Å². The number of benzene rings is 1. The highest BCUT2D eigenvalue weighted by molar-refractivity contribution is 6.21. The fourth-order valence-electron chi connectivity index (χ4n) is 4.11. The second kappa shape index (κ2) is 7.27. The summed E-state index contributed by atoms with van der Waals surface area (Å²) >= 11 is 0. The highest BCUT2D eigenvalue weighted by Gasteiger charge is 2.50. The lowest BCUT2D eigenvalue weighted by molar-refractivity contribution is -0.158. The number of likely N-dealkylation sites (tertiary alicyclic amines) is 1. The fourth-order valence-corrected chi connectivity index (χ4v) is 4.11. The van der Waals surface area contributed by atoms with Crippen LogP contribution in [-0.2, 0) is 19.1 Å². The van der Waals surface area contributed by atoms with Gasteiger partial charge in [0.15, 0.2) is 0 Å². The van der Waals surface area contributed by atoms with Crippen molar-refractivity contribution in [1.82, 2.24) is 9.80 Å². The number of nitrogens with zero attached hydrogens (tertiary/aromatic N) is 2. The van der Waals surface area contributed by atoms with Crippen molar-refractivity contribution in [1.29, 1.82) is 0 Å². The van der Waals surface area contributed by atoms with Crippen molar-refractivity contribution in [3.8, 4) is 0 Å². The molecule has 8 heteroatoms. The van der Waals surface area contributed by atoms with E-state index in [0.29, 0.717) is 24.0 Å². The van der Waals surface area contributed by atoms with Crippen LogP contribution in [0.15, 0.2) is 36.4 Å². The number of hydrogen-bond acceptors (Lipinski definition) is 6. The van der Waals surface area contributed by atoms with Crippen molar-refractivity contribution >= 4 is 29.6 Å². The molecule has 1 aliphatic carbocycles.